The molecule has 0 amide bonds. The van der Waals surface area contributed by atoms with Gasteiger partial charge in [-0.25, -0.2) is 0 Å². The molecule has 1 N–H and O–H groups in total. The molecular formula is C24H23N3O3S2. The summed E-state index contributed by atoms with van der Waals surface area (Å²) in [5, 5.41) is 18.3. The Morgan fingerprint density at radius 3 is 2.59 bits per heavy atom. The number of Topliss-reactive ketones (excluding diaryl/α,β-unsaturated/α-hetero) is 1. The van der Waals surface area contributed by atoms with E-state index in [1.807, 2.05) is 62.4 Å². The molecule has 8 heteroatoms. The zero-order valence-corrected chi connectivity index (χ0v) is 19.5. The molecule has 0 saturated carbocycles. The molecule has 3 aromatic rings. The van der Waals surface area contributed by atoms with Crippen molar-refractivity contribution in [2.75, 3.05) is 6.61 Å². The maximum absolute atomic E-state index is 13.0. The largest absolute Gasteiger partial charge is 0.490 e. The highest BCUT2D eigenvalue weighted by Crippen LogP contribution is 2.42. The second-order valence-corrected chi connectivity index (χ2v) is 9.25. The Kier molecular flexibility index (Phi) is 7.02. The first-order chi connectivity index (χ1) is 15.6. The van der Waals surface area contributed by atoms with Crippen LogP contribution in [0.1, 0.15) is 40.9 Å². The SMILES string of the molecule is CCOc1cc(/C=C2\SC(=N)[C@@H](c3nnc(CC)s3)C2=O)ccc1OCc1ccccc1. The number of allylic oxidation sites excluding steroid dienone is 1. The van der Waals surface area contributed by atoms with Crippen LogP contribution in [0, 0.1) is 5.41 Å². The van der Waals surface area contributed by atoms with Gasteiger partial charge in [0.2, 0.25) is 0 Å². The summed E-state index contributed by atoms with van der Waals surface area (Å²) in [4.78, 5) is 13.5. The Labute approximate surface area is 195 Å². The zero-order valence-electron chi connectivity index (χ0n) is 17.8. The van der Waals surface area contributed by atoms with Gasteiger partial charge in [0.05, 0.1) is 16.6 Å². The topological polar surface area (TPSA) is 85.2 Å². The number of ketones is 1. The third-order valence-corrected chi connectivity index (χ3v) is 6.95. The van der Waals surface area contributed by atoms with E-state index in [1.54, 1.807) is 6.08 Å². The summed E-state index contributed by atoms with van der Waals surface area (Å²) in [6, 6.07) is 15.5. The smallest absolute Gasteiger partial charge is 0.186 e. The summed E-state index contributed by atoms with van der Waals surface area (Å²) < 4.78 is 11.7. The molecule has 0 unspecified atom stereocenters. The van der Waals surface area contributed by atoms with Crippen molar-refractivity contribution in [1.29, 1.82) is 5.41 Å². The average Bonchev–Trinajstić information content (AvgIpc) is 3.38. The third-order valence-electron chi connectivity index (χ3n) is 4.82. The van der Waals surface area contributed by atoms with E-state index < -0.39 is 5.92 Å². The number of rotatable bonds is 8. The van der Waals surface area contributed by atoms with Gasteiger partial charge in [-0.1, -0.05) is 55.1 Å². The maximum atomic E-state index is 13.0. The molecule has 0 aliphatic carbocycles. The number of hydrogen-bond donors (Lipinski definition) is 1. The van der Waals surface area contributed by atoms with Gasteiger partial charge >= 0.3 is 0 Å². The van der Waals surface area contributed by atoms with Crippen LogP contribution in [-0.2, 0) is 17.8 Å². The number of nitrogens with one attached hydrogen (secondary N) is 1. The van der Waals surface area contributed by atoms with E-state index in [2.05, 4.69) is 10.2 Å². The number of hydrogen-bond acceptors (Lipinski definition) is 8. The summed E-state index contributed by atoms with van der Waals surface area (Å²) >= 11 is 2.58. The summed E-state index contributed by atoms with van der Waals surface area (Å²) in [6.07, 6.45) is 2.56. The van der Waals surface area contributed by atoms with Crippen LogP contribution in [0.2, 0.25) is 0 Å². The molecule has 0 radical (unpaired) electrons. The van der Waals surface area contributed by atoms with Crippen molar-refractivity contribution in [2.45, 2.75) is 32.8 Å². The molecule has 1 saturated heterocycles. The van der Waals surface area contributed by atoms with E-state index in [9.17, 15) is 4.79 Å². The van der Waals surface area contributed by atoms with Crippen LogP contribution in [0.15, 0.2) is 53.4 Å². The fraction of sp³-hybridized carbons (Fsp3) is 0.250. The molecule has 2 heterocycles. The highest BCUT2D eigenvalue weighted by Gasteiger charge is 2.39. The minimum Gasteiger partial charge on any atom is -0.490 e. The maximum Gasteiger partial charge on any atom is 0.186 e. The molecule has 2 aromatic carbocycles. The van der Waals surface area contributed by atoms with Gasteiger partial charge in [-0.15, -0.1) is 21.5 Å². The van der Waals surface area contributed by atoms with Gasteiger partial charge in [0.25, 0.3) is 0 Å². The van der Waals surface area contributed by atoms with Gasteiger partial charge in [0.15, 0.2) is 17.3 Å². The standard InChI is InChI=1S/C24H23N3O3S2/c1-3-20-26-27-24(32-20)21-22(28)19(31-23(21)25)13-16-10-11-17(18(12-16)29-4-2)30-14-15-8-6-5-7-9-15/h5-13,21,25H,3-4,14H2,1-2H3/b19-13-,25-23?/t21-/m0/s1. The zero-order chi connectivity index (χ0) is 22.5. The first kappa shape index (κ1) is 22.2. The van der Waals surface area contributed by atoms with Gasteiger partial charge in [-0.3, -0.25) is 10.2 Å². The quantitative estimate of drug-likeness (QED) is 0.443. The number of aryl methyl sites for hydroxylation is 1. The number of aromatic nitrogens is 2. The van der Waals surface area contributed by atoms with Crippen molar-refractivity contribution in [1.82, 2.24) is 10.2 Å². The number of benzene rings is 2. The number of carbonyl (C=O) groups excluding carboxylic acids is 1. The van der Waals surface area contributed by atoms with E-state index in [0.717, 1.165) is 22.6 Å². The molecule has 1 fully saturated rings. The lowest BCUT2D eigenvalue weighted by Crippen LogP contribution is -2.11. The van der Waals surface area contributed by atoms with Gasteiger partial charge in [-0.2, -0.15) is 0 Å². The number of nitrogens with zero attached hydrogens (tertiary/aromatic N) is 2. The lowest BCUT2D eigenvalue weighted by Gasteiger charge is -2.13. The minimum atomic E-state index is -0.649. The van der Waals surface area contributed by atoms with Crippen LogP contribution in [0.5, 0.6) is 11.5 Å². The number of thioether (sulfide) groups is 1. The van der Waals surface area contributed by atoms with E-state index in [4.69, 9.17) is 14.9 Å². The molecule has 6 nitrogen and oxygen atoms in total. The van der Waals surface area contributed by atoms with Crippen molar-refractivity contribution in [3.8, 4) is 11.5 Å². The lowest BCUT2D eigenvalue weighted by atomic mass is 10.1. The van der Waals surface area contributed by atoms with Crippen LogP contribution in [0.4, 0.5) is 0 Å². The van der Waals surface area contributed by atoms with Gasteiger partial charge in [0, 0.05) is 0 Å². The monoisotopic (exact) mass is 465 g/mol. The molecule has 1 atom stereocenters. The summed E-state index contributed by atoms with van der Waals surface area (Å²) in [5.41, 5.74) is 1.89. The highest BCUT2D eigenvalue weighted by molar-refractivity contribution is 8.19. The van der Waals surface area contributed by atoms with E-state index >= 15 is 0 Å². The molecule has 1 aromatic heterocycles. The molecule has 0 spiro atoms. The average molecular weight is 466 g/mol. The Bertz CT molecular complexity index is 1160. The van der Waals surface area contributed by atoms with Crippen molar-refractivity contribution >= 4 is 40.0 Å². The molecule has 164 valence electrons. The Hall–Kier alpha value is -2.97. The fourth-order valence-electron chi connectivity index (χ4n) is 3.23. The molecule has 0 bridgehead atoms. The van der Waals surface area contributed by atoms with Gasteiger partial charge in [-0.05, 0) is 42.7 Å². The Morgan fingerprint density at radius 1 is 1.06 bits per heavy atom. The van der Waals surface area contributed by atoms with Crippen molar-refractivity contribution < 1.29 is 14.3 Å². The molecule has 1 aliphatic heterocycles. The van der Waals surface area contributed by atoms with Gasteiger partial charge in [0.1, 0.15) is 22.5 Å². The summed E-state index contributed by atoms with van der Waals surface area (Å²) in [7, 11) is 0. The lowest BCUT2D eigenvalue weighted by molar-refractivity contribution is -0.114. The van der Waals surface area contributed by atoms with E-state index in [-0.39, 0.29) is 10.8 Å². The molecule has 32 heavy (non-hydrogen) atoms. The Balaban J connectivity index is 1.54. The predicted octanol–water partition coefficient (Wildman–Crippen LogP) is 5.50. The van der Waals surface area contributed by atoms with Crippen LogP contribution in [-0.4, -0.2) is 27.6 Å². The fourth-order valence-corrected chi connectivity index (χ4v) is 5.18. The molecular weight excluding hydrogens is 442 g/mol. The summed E-state index contributed by atoms with van der Waals surface area (Å²) in [5.74, 6) is 0.511. The van der Waals surface area contributed by atoms with Crippen LogP contribution < -0.4 is 9.47 Å². The minimum absolute atomic E-state index is 0.110. The highest BCUT2D eigenvalue weighted by atomic mass is 32.2. The van der Waals surface area contributed by atoms with Crippen molar-refractivity contribution in [3.05, 3.63) is 74.6 Å². The van der Waals surface area contributed by atoms with Crippen LogP contribution in [0.3, 0.4) is 0 Å². The predicted molar refractivity (Wildman–Crippen MR) is 129 cm³/mol. The second-order valence-electron chi connectivity index (χ2n) is 7.07. The first-order valence-corrected chi connectivity index (χ1v) is 12.0. The molecule has 1 aliphatic rings. The molecule has 4 rings (SSSR count). The van der Waals surface area contributed by atoms with Crippen LogP contribution in [0.25, 0.3) is 6.08 Å². The van der Waals surface area contributed by atoms with Gasteiger partial charge < -0.3 is 9.47 Å². The number of carbonyl (C=O) groups is 1. The van der Waals surface area contributed by atoms with Crippen molar-refractivity contribution in [2.24, 2.45) is 0 Å². The second kappa shape index (κ2) is 10.1. The van der Waals surface area contributed by atoms with Crippen LogP contribution >= 0.6 is 23.1 Å². The van der Waals surface area contributed by atoms with E-state index in [1.165, 1.54) is 23.1 Å². The van der Waals surface area contributed by atoms with Crippen molar-refractivity contribution in [3.63, 3.8) is 0 Å². The normalized spacial score (nSPS) is 17.2. The Morgan fingerprint density at radius 2 is 1.88 bits per heavy atom. The van der Waals surface area contributed by atoms with E-state index in [0.29, 0.717) is 34.6 Å². The summed E-state index contributed by atoms with van der Waals surface area (Å²) in [6.45, 7) is 4.85. The first-order valence-electron chi connectivity index (χ1n) is 10.4. The third kappa shape index (κ3) is 4.92. The number of ether oxygens (including phenoxy) is 2.